The molecule has 0 aromatic heterocycles. The van der Waals surface area contributed by atoms with Gasteiger partial charge >= 0.3 is 5.97 Å². The lowest BCUT2D eigenvalue weighted by Crippen LogP contribution is -2.22. The SMILES string of the molecule is CN1/C(=C\C=Nc2ccc(C(=O)O)cc2)C(C)(C)c2ccccc21. The van der Waals surface area contributed by atoms with Gasteiger partial charge in [-0.3, -0.25) is 4.99 Å². The lowest BCUT2D eigenvalue weighted by atomic mass is 9.84. The van der Waals surface area contributed by atoms with Crippen LogP contribution < -0.4 is 4.90 Å². The second kappa shape index (κ2) is 5.96. The third kappa shape index (κ3) is 2.71. The monoisotopic (exact) mass is 320 g/mol. The molecule has 2 aromatic rings. The minimum atomic E-state index is -0.931. The van der Waals surface area contributed by atoms with E-state index >= 15 is 0 Å². The number of hydrogen-bond donors (Lipinski definition) is 1. The van der Waals surface area contributed by atoms with Crippen molar-refractivity contribution in [3.8, 4) is 0 Å². The van der Waals surface area contributed by atoms with Gasteiger partial charge in [-0.1, -0.05) is 32.0 Å². The molecule has 1 aliphatic rings. The fraction of sp³-hybridized carbons (Fsp3) is 0.200. The van der Waals surface area contributed by atoms with E-state index in [2.05, 4.69) is 49.0 Å². The van der Waals surface area contributed by atoms with Gasteiger partial charge in [-0.2, -0.15) is 0 Å². The van der Waals surface area contributed by atoms with Crippen molar-refractivity contribution in [2.45, 2.75) is 19.3 Å². The van der Waals surface area contributed by atoms with Gasteiger partial charge in [0.05, 0.1) is 11.3 Å². The average Bonchev–Trinajstić information content (AvgIpc) is 2.76. The summed E-state index contributed by atoms with van der Waals surface area (Å²) < 4.78 is 0. The number of allylic oxidation sites excluding steroid dienone is 2. The Hall–Kier alpha value is -2.88. The Morgan fingerprint density at radius 2 is 1.79 bits per heavy atom. The van der Waals surface area contributed by atoms with Gasteiger partial charge in [-0.05, 0) is 42.0 Å². The summed E-state index contributed by atoms with van der Waals surface area (Å²) in [5.41, 5.74) is 4.61. The number of carbonyl (C=O) groups is 1. The van der Waals surface area contributed by atoms with E-state index in [1.54, 1.807) is 30.5 Å². The van der Waals surface area contributed by atoms with Crippen LogP contribution in [0.25, 0.3) is 0 Å². The molecule has 4 nitrogen and oxygen atoms in total. The first-order valence-electron chi connectivity index (χ1n) is 7.82. The maximum Gasteiger partial charge on any atom is 0.335 e. The van der Waals surface area contributed by atoms with Gasteiger partial charge in [-0.15, -0.1) is 0 Å². The van der Waals surface area contributed by atoms with Gasteiger partial charge in [0.1, 0.15) is 0 Å². The molecule has 0 bridgehead atoms. The van der Waals surface area contributed by atoms with E-state index in [0.717, 1.165) is 5.69 Å². The molecule has 1 aliphatic heterocycles. The number of anilines is 1. The largest absolute Gasteiger partial charge is 0.478 e. The predicted molar refractivity (Wildman–Crippen MR) is 97.5 cm³/mol. The van der Waals surface area contributed by atoms with Crippen LogP contribution in [0.2, 0.25) is 0 Å². The second-order valence-electron chi connectivity index (χ2n) is 6.38. The topological polar surface area (TPSA) is 52.9 Å². The molecule has 0 saturated heterocycles. The van der Waals surface area contributed by atoms with Crippen molar-refractivity contribution in [3.05, 3.63) is 71.4 Å². The molecule has 0 fully saturated rings. The molecule has 3 rings (SSSR count). The zero-order chi connectivity index (χ0) is 17.3. The van der Waals surface area contributed by atoms with E-state index in [1.807, 2.05) is 12.1 Å². The number of aliphatic imine (C=N–C) groups is 1. The summed E-state index contributed by atoms with van der Waals surface area (Å²) in [5, 5.41) is 8.91. The van der Waals surface area contributed by atoms with Crippen LogP contribution in [0.1, 0.15) is 29.8 Å². The molecule has 0 unspecified atom stereocenters. The number of carboxylic acids is 1. The Morgan fingerprint density at radius 1 is 1.12 bits per heavy atom. The Labute approximate surface area is 141 Å². The maximum absolute atomic E-state index is 10.9. The van der Waals surface area contributed by atoms with Gasteiger partial charge in [0.2, 0.25) is 0 Å². The lowest BCUT2D eigenvalue weighted by molar-refractivity contribution is 0.0697. The number of likely N-dealkylation sites (N-methyl/N-ethyl adjacent to an activating group) is 1. The number of aromatic carboxylic acids is 1. The van der Waals surface area contributed by atoms with Crippen molar-refractivity contribution in [1.82, 2.24) is 0 Å². The highest BCUT2D eigenvalue weighted by molar-refractivity contribution is 5.88. The molecular weight excluding hydrogens is 300 g/mol. The molecule has 4 heteroatoms. The molecule has 0 atom stereocenters. The van der Waals surface area contributed by atoms with Gasteiger partial charge in [0.25, 0.3) is 0 Å². The van der Waals surface area contributed by atoms with Crippen LogP contribution in [-0.2, 0) is 5.41 Å². The first-order chi connectivity index (χ1) is 11.4. The Balaban J connectivity index is 1.86. The van der Waals surface area contributed by atoms with Crippen LogP contribution in [0.4, 0.5) is 11.4 Å². The van der Waals surface area contributed by atoms with Crippen molar-refractivity contribution in [1.29, 1.82) is 0 Å². The Bertz CT molecular complexity index is 833. The zero-order valence-electron chi connectivity index (χ0n) is 14.0. The molecule has 1 N–H and O–H groups in total. The minimum Gasteiger partial charge on any atom is -0.478 e. The quantitative estimate of drug-likeness (QED) is 0.853. The van der Waals surface area contributed by atoms with E-state index in [-0.39, 0.29) is 11.0 Å². The zero-order valence-corrected chi connectivity index (χ0v) is 14.0. The summed E-state index contributed by atoms with van der Waals surface area (Å²) in [5.74, 6) is -0.931. The summed E-state index contributed by atoms with van der Waals surface area (Å²) in [7, 11) is 2.06. The highest BCUT2D eigenvalue weighted by atomic mass is 16.4. The number of para-hydroxylation sites is 1. The van der Waals surface area contributed by atoms with Gasteiger partial charge in [-0.25, -0.2) is 4.79 Å². The van der Waals surface area contributed by atoms with E-state index in [4.69, 9.17) is 5.11 Å². The maximum atomic E-state index is 10.9. The van der Waals surface area contributed by atoms with E-state index in [9.17, 15) is 4.79 Å². The molecule has 0 radical (unpaired) electrons. The smallest absolute Gasteiger partial charge is 0.335 e. The number of rotatable bonds is 3. The second-order valence-corrected chi connectivity index (χ2v) is 6.38. The standard InChI is InChI=1S/C20H20N2O2/c1-20(2)16-6-4-5-7-17(16)22(3)18(20)12-13-21-15-10-8-14(9-11-15)19(23)24/h4-13H,1-3H3,(H,23,24)/b18-12-,21-13?. The highest BCUT2D eigenvalue weighted by Gasteiger charge is 2.37. The number of hydrogen-bond acceptors (Lipinski definition) is 3. The summed E-state index contributed by atoms with van der Waals surface area (Å²) >= 11 is 0. The summed E-state index contributed by atoms with van der Waals surface area (Å²) in [4.78, 5) is 17.5. The van der Waals surface area contributed by atoms with Crippen LogP contribution in [0, 0.1) is 0 Å². The van der Waals surface area contributed by atoms with Crippen molar-refractivity contribution >= 4 is 23.6 Å². The summed E-state index contributed by atoms with van der Waals surface area (Å²) in [6.45, 7) is 4.41. The molecule has 24 heavy (non-hydrogen) atoms. The predicted octanol–water partition coefficient (Wildman–Crippen LogP) is 4.40. The Kier molecular flexibility index (Phi) is 3.97. The van der Waals surface area contributed by atoms with Gasteiger partial charge in [0, 0.05) is 30.1 Å². The first-order valence-corrected chi connectivity index (χ1v) is 7.82. The summed E-state index contributed by atoms with van der Waals surface area (Å²) in [6.07, 6.45) is 3.79. The molecule has 0 spiro atoms. The van der Waals surface area contributed by atoms with Crippen LogP contribution in [0.3, 0.4) is 0 Å². The summed E-state index contributed by atoms with van der Waals surface area (Å²) in [6, 6.07) is 14.9. The van der Waals surface area contributed by atoms with Crippen molar-refractivity contribution in [3.63, 3.8) is 0 Å². The molecular formula is C20H20N2O2. The number of nitrogens with zero attached hydrogens (tertiary/aromatic N) is 2. The van der Waals surface area contributed by atoms with Crippen LogP contribution in [-0.4, -0.2) is 24.3 Å². The van der Waals surface area contributed by atoms with Crippen LogP contribution in [0.5, 0.6) is 0 Å². The third-order valence-electron chi connectivity index (χ3n) is 4.51. The van der Waals surface area contributed by atoms with Crippen molar-refractivity contribution in [2.24, 2.45) is 4.99 Å². The normalized spacial score (nSPS) is 17.5. The fourth-order valence-corrected chi connectivity index (χ4v) is 3.19. The third-order valence-corrected chi connectivity index (χ3v) is 4.51. The lowest BCUT2D eigenvalue weighted by Gasteiger charge is -2.23. The van der Waals surface area contributed by atoms with Gasteiger partial charge in [0.15, 0.2) is 0 Å². The molecule has 0 amide bonds. The Morgan fingerprint density at radius 3 is 2.42 bits per heavy atom. The molecule has 1 heterocycles. The number of carboxylic acid groups (broad SMARTS) is 1. The molecule has 0 saturated carbocycles. The van der Waals surface area contributed by atoms with Crippen LogP contribution >= 0.6 is 0 Å². The van der Waals surface area contributed by atoms with E-state index in [1.165, 1.54) is 16.9 Å². The van der Waals surface area contributed by atoms with Crippen molar-refractivity contribution in [2.75, 3.05) is 11.9 Å². The number of benzene rings is 2. The molecule has 2 aromatic carbocycles. The van der Waals surface area contributed by atoms with Crippen molar-refractivity contribution < 1.29 is 9.90 Å². The first kappa shape index (κ1) is 16.0. The molecule has 122 valence electrons. The van der Waals surface area contributed by atoms with E-state index < -0.39 is 5.97 Å². The van der Waals surface area contributed by atoms with Crippen LogP contribution in [0.15, 0.2) is 65.3 Å². The average molecular weight is 320 g/mol. The number of fused-ring (bicyclic) bond motifs is 1. The fourth-order valence-electron chi connectivity index (χ4n) is 3.19. The van der Waals surface area contributed by atoms with Gasteiger partial charge < -0.3 is 10.0 Å². The highest BCUT2D eigenvalue weighted by Crippen LogP contribution is 2.46. The van der Waals surface area contributed by atoms with E-state index in [0.29, 0.717) is 0 Å². The minimum absolute atomic E-state index is 0.0788. The molecule has 0 aliphatic carbocycles.